The van der Waals surface area contributed by atoms with Crippen LogP contribution in [-0.2, 0) is 11.2 Å². The third-order valence-corrected chi connectivity index (χ3v) is 5.10. The number of hydrogen-bond acceptors (Lipinski definition) is 6. The van der Waals surface area contributed by atoms with Gasteiger partial charge in [0, 0.05) is 19.7 Å². The fourth-order valence-corrected chi connectivity index (χ4v) is 3.43. The van der Waals surface area contributed by atoms with Crippen LogP contribution in [0.4, 0.5) is 5.82 Å². The van der Waals surface area contributed by atoms with Gasteiger partial charge >= 0.3 is 0 Å². The predicted molar refractivity (Wildman–Crippen MR) is 125 cm³/mol. The van der Waals surface area contributed by atoms with E-state index in [1.165, 1.54) is 0 Å². The van der Waals surface area contributed by atoms with Gasteiger partial charge in [0.25, 0.3) is 5.91 Å². The zero-order valence-electron chi connectivity index (χ0n) is 18.5. The number of pyridine rings is 1. The fourth-order valence-electron chi connectivity index (χ4n) is 3.43. The van der Waals surface area contributed by atoms with Gasteiger partial charge in [0.2, 0.25) is 5.82 Å². The van der Waals surface area contributed by atoms with Crippen LogP contribution in [0.15, 0.2) is 66.9 Å². The van der Waals surface area contributed by atoms with Crippen molar-refractivity contribution in [3.05, 3.63) is 89.6 Å². The summed E-state index contributed by atoms with van der Waals surface area (Å²) < 4.78 is 10.9. The maximum Gasteiger partial charge on any atom is 0.294 e. The minimum atomic E-state index is -0.403. The number of hydrogen-bond donors (Lipinski definition) is 2. The topological polar surface area (TPSA) is 102 Å². The molecule has 2 aromatic heterocycles. The number of benzene rings is 2. The SMILES string of the molecule is COCCOc1cccc(-c2ccnc(NC(=O)c3nnc(Cc4ccccc4)[nH]3)c2)c1C. The van der Waals surface area contributed by atoms with Gasteiger partial charge < -0.3 is 19.8 Å². The van der Waals surface area contributed by atoms with E-state index < -0.39 is 5.91 Å². The van der Waals surface area contributed by atoms with Crippen molar-refractivity contribution in [3.8, 4) is 16.9 Å². The minimum absolute atomic E-state index is 0.137. The molecule has 0 saturated carbocycles. The van der Waals surface area contributed by atoms with Gasteiger partial charge in [-0.3, -0.25) is 4.79 Å². The molecule has 4 aromatic rings. The van der Waals surface area contributed by atoms with Crippen molar-refractivity contribution in [3.63, 3.8) is 0 Å². The standard InChI is InChI=1S/C25H25N5O3/c1-17-20(9-6-10-21(17)33-14-13-32-2)19-11-12-26-22(16-19)28-25(31)24-27-23(29-30-24)15-18-7-4-3-5-8-18/h3-12,16H,13-15H2,1-2H3,(H,26,28,31)(H,27,29,30). The second-order valence-corrected chi connectivity index (χ2v) is 7.44. The van der Waals surface area contributed by atoms with Gasteiger partial charge in [-0.15, -0.1) is 10.2 Å². The first-order valence-corrected chi connectivity index (χ1v) is 10.6. The van der Waals surface area contributed by atoms with Gasteiger partial charge in [0.15, 0.2) is 0 Å². The van der Waals surface area contributed by atoms with E-state index in [0.717, 1.165) is 28.0 Å². The Morgan fingerprint density at radius 3 is 2.70 bits per heavy atom. The molecule has 33 heavy (non-hydrogen) atoms. The number of rotatable bonds is 9. The number of H-pyrrole nitrogens is 1. The van der Waals surface area contributed by atoms with Crippen LogP contribution in [0.5, 0.6) is 5.75 Å². The normalized spacial score (nSPS) is 10.7. The molecule has 0 unspecified atom stereocenters. The highest BCUT2D eigenvalue weighted by atomic mass is 16.5. The molecule has 8 nitrogen and oxygen atoms in total. The van der Waals surface area contributed by atoms with Gasteiger partial charge in [-0.25, -0.2) is 4.98 Å². The monoisotopic (exact) mass is 443 g/mol. The largest absolute Gasteiger partial charge is 0.491 e. The molecule has 0 spiro atoms. The van der Waals surface area contributed by atoms with Crippen molar-refractivity contribution in [2.45, 2.75) is 13.3 Å². The first-order chi connectivity index (χ1) is 16.1. The second-order valence-electron chi connectivity index (χ2n) is 7.44. The van der Waals surface area contributed by atoms with E-state index >= 15 is 0 Å². The van der Waals surface area contributed by atoms with Gasteiger partial charge in [-0.2, -0.15) is 0 Å². The lowest BCUT2D eigenvalue weighted by atomic mass is 10.0. The Hall–Kier alpha value is -4.04. The average molecular weight is 444 g/mol. The summed E-state index contributed by atoms with van der Waals surface area (Å²) in [7, 11) is 1.64. The summed E-state index contributed by atoms with van der Waals surface area (Å²) in [5.74, 6) is 1.56. The van der Waals surface area contributed by atoms with Crippen molar-refractivity contribution in [2.24, 2.45) is 0 Å². The van der Waals surface area contributed by atoms with E-state index in [0.29, 0.717) is 31.3 Å². The molecule has 2 N–H and O–H groups in total. The van der Waals surface area contributed by atoms with Gasteiger partial charge in [0.1, 0.15) is 24.0 Å². The summed E-state index contributed by atoms with van der Waals surface area (Å²) in [4.78, 5) is 19.9. The molecule has 1 amide bonds. The molecule has 0 atom stereocenters. The first kappa shape index (κ1) is 22.2. The maximum absolute atomic E-state index is 12.7. The Morgan fingerprint density at radius 2 is 1.88 bits per heavy atom. The van der Waals surface area contributed by atoms with Crippen LogP contribution in [0.1, 0.15) is 27.6 Å². The number of amides is 1. The van der Waals surface area contributed by atoms with Crippen LogP contribution in [0, 0.1) is 6.92 Å². The van der Waals surface area contributed by atoms with Crippen LogP contribution in [0.3, 0.4) is 0 Å². The number of nitrogens with zero attached hydrogens (tertiary/aromatic N) is 3. The van der Waals surface area contributed by atoms with E-state index in [4.69, 9.17) is 9.47 Å². The van der Waals surface area contributed by atoms with Crippen molar-refractivity contribution in [1.29, 1.82) is 0 Å². The highest BCUT2D eigenvalue weighted by Crippen LogP contribution is 2.30. The average Bonchev–Trinajstić information content (AvgIpc) is 3.30. The Morgan fingerprint density at radius 1 is 1.03 bits per heavy atom. The number of ether oxygens (including phenoxy) is 2. The summed E-state index contributed by atoms with van der Waals surface area (Å²) in [6.07, 6.45) is 2.22. The van der Waals surface area contributed by atoms with Crippen LogP contribution < -0.4 is 10.1 Å². The van der Waals surface area contributed by atoms with Crippen LogP contribution in [-0.4, -0.2) is 46.4 Å². The molecule has 0 aliphatic rings. The molecule has 0 bridgehead atoms. The number of carbonyl (C=O) groups is 1. The van der Waals surface area contributed by atoms with Gasteiger partial charge in [-0.05, 0) is 47.4 Å². The molecule has 4 rings (SSSR count). The van der Waals surface area contributed by atoms with Crippen LogP contribution >= 0.6 is 0 Å². The Balaban J connectivity index is 1.47. The summed E-state index contributed by atoms with van der Waals surface area (Å²) in [6.45, 7) is 2.99. The Kier molecular flexibility index (Phi) is 7.06. The zero-order chi connectivity index (χ0) is 23.0. The molecular weight excluding hydrogens is 418 g/mol. The summed E-state index contributed by atoms with van der Waals surface area (Å²) >= 11 is 0. The van der Waals surface area contributed by atoms with E-state index in [1.54, 1.807) is 13.3 Å². The molecular formula is C25H25N5O3. The third kappa shape index (κ3) is 5.61. The molecule has 168 valence electrons. The van der Waals surface area contributed by atoms with Crippen LogP contribution in [0.25, 0.3) is 11.1 Å². The van der Waals surface area contributed by atoms with E-state index in [9.17, 15) is 4.79 Å². The molecule has 0 fully saturated rings. The highest BCUT2D eigenvalue weighted by molar-refractivity contribution is 6.01. The molecule has 0 radical (unpaired) electrons. The summed E-state index contributed by atoms with van der Waals surface area (Å²) in [5, 5.41) is 10.8. The lowest BCUT2D eigenvalue weighted by Gasteiger charge is -2.13. The van der Waals surface area contributed by atoms with Crippen molar-refractivity contribution >= 4 is 11.7 Å². The lowest BCUT2D eigenvalue weighted by Crippen LogP contribution is -2.14. The number of methoxy groups -OCH3 is 1. The zero-order valence-corrected chi connectivity index (χ0v) is 18.5. The smallest absolute Gasteiger partial charge is 0.294 e. The number of nitrogens with one attached hydrogen (secondary N) is 2. The van der Waals surface area contributed by atoms with Crippen molar-refractivity contribution < 1.29 is 14.3 Å². The molecule has 0 aliphatic carbocycles. The predicted octanol–water partition coefficient (Wildman–Crippen LogP) is 4.04. The molecule has 2 heterocycles. The number of aromatic nitrogens is 4. The summed E-state index contributed by atoms with van der Waals surface area (Å²) in [6, 6.07) is 19.4. The molecule has 8 heteroatoms. The Labute approximate surface area is 192 Å². The Bertz CT molecular complexity index is 1220. The van der Waals surface area contributed by atoms with Gasteiger partial charge in [0.05, 0.1) is 6.61 Å². The van der Waals surface area contributed by atoms with Crippen molar-refractivity contribution in [1.82, 2.24) is 20.2 Å². The van der Waals surface area contributed by atoms with Crippen LogP contribution in [0.2, 0.25) is 0 Å². The van der Waals surface area contributed by atoms with E-state index in [2.05, 4.69) is 25.5 Å². The lowest BCUT2D eigenvalue weighted by molar-refractivity contribution is 0.101. The molecule has 0 saturated heterocycles. The highest BCUT2D eigenvalue weighted by Gasteiger charge is 2.14. The van der Waals surface area contributed by atoms with Crippen molar-refractivity contribution in [2.75, 3.05) is 25.6 Å². The third-order valence-electron chi connectivity index (χ3n) is 5.10. The quantitative estimate of drug-likeness (QED) is 0.379. The second kappa shape index (κ2) is 10.5. The maximum atomic E-state index is 12.7. The number of aromatic amines is 1. The minimum Gasteiger partial charge on any atom is -0.491 e. The fraction of sp³-hybridized carbons (Fsp3) is 0.200. The summed E-state index contributed by atoms with van der Waals surface area (Å²) in [5.41, 5.74) is 3.99. The number of anilines is 1. The van der Waals surface area contributed by atoms with Gasteiger partial charge in [-0.1, -0.05) is 42.5 Å². The molecule has 2 aromatic carbocycles. The van der Waals surface area contributed by atoms with E-state index in [-0.39, 0.29) is 5.82 Å². The first-order valence-electron chi connectivity index (χ1n) is 10.6. The number of carbonyl (C=O) groups excluding carboxylic acids is 1. The molecule has 0 aliphatic heterocycles. The van der Waals surface area contributed by atoms with E-state index in [1.807, 2.05) is 67.6 Å².